The van der Waals surface area contributed by atoms with Gasteiger partial charge in [-0.1, -0.05) is 6.92 Å². The van der Waals surface area contributed by atoms with E-state index in [2.05, 4.69) is 34.4 Å². The van der Waals surface area contributed by atoms with Crippen LogP contribution in [0.25, 0.3) is 0 Å². The van der Waals surface area contributed by atoms with Crippen molar-refractivity contribution >= 4 is 11.6 Å². The van der Waals surface area contributed by atoms with E-state index >= 15 is 0 Å². The molecule has 0 aliphatic heterocycles. The van der Waals surface area contributed by atoms with Gasteiger partial charge in [-0.25, -0.2) is 9.97 Å². The molecular formula is C13H24N4O. The molecule has 18 heavy (non-hydrogen) atoms. The minimum Gasteiger partial charge on any atom is -0.381 e. The summed E-state index contributed by atoms with van der Waals surface area (Å²) in [5.41, 5.74) is 1.06. The molecule has 0 unspecified atom stereocenters. The molecule has 0 saturated heterocycles. The number of hydrogen-bond acceptors (Lipinski definition) is 5. The molecule has 1 heterocycles. The highest BCUT2D eigenvalue weighted by atomic mass is 16.5. The lowest BCUT2D eigenvalue weighted by Crippen LogP contribution is -2.10. The van der Waals surface area contributed by atoms with Gasteiger partial charge in [0.2, 0.25) is 0 Å². The second-order valence-electron chi connectivity index (χ2n) is 4.12. The van der Waals surface area contributed by atoms with Gasteiger partial charge >= 0.3 is 0 Å². The van der Waals surface area contributed by atoms with E-state index in [0.29, 0.717) is 0 Å². The van der Waals surface area contributed by atoms with Gasteiger partial charge in [0, 0.05) is 31.9 Å². The first-order valence-electron chi connectivity index (χ1n) is 6.66. The molecule has 0 bridgehead atoms. The van der Waals surface area contributed by atoms with E-state index < -0.39 is 0 Å². The maximum absolute atomic E-state index is 5.43. The van der Waals surface area contributed by atoms with Gasteiger partial charge in [-0.3, -0.25) is 0 Å². The highest BCUT2D eigenvalue weighted by molar-refractivity contribution is 5.56. The zero-order chi connectivity index (χ0) is 13.2. The average Bonchev–Trinajstić information content (AvgIpc) is 2.38. The standard InChI is InChI=1S/C13H24N4O/c1-4-8-18-9-6-7-15-13-11(3)12(14-5-2)16-10-17-13/h10H,4-9H2,1-3H3,(H2,14,15,16,17). The van der Waals surface area contributed by atoms with Crippen molar-refractivity contribution in [3.05, 3.63) is 11.9 Å². The Balaban J connectivity index is 2.35. The first-order valence-corrected chi connectivity index (χ1v) is 6.66. The third-order valence-electron chi connectivity index (χ3n) is 2.53. The fraction of sp³-hybridized carbons (Fsp3) is 0.692. The quantitative estimate of drug-likeness (QED) is 0.661. The third kappa shape index (κ3) is 4.87. The van der Waals surface area contributed by atoms with Gasteiger partial charge in [0.25, 0.3) is 0 Å². The van der Waals surface area contributed by atoms with E-state index in [1.54, 1.807) is 6.33 Å². The molecule has 5 nitrogen and oxygen atoms in total. The van der Waals surface area contributed by atoms with Crippen molar-refractivity contribution in [2.45, 2.75) is 33.6 Å². The zero-order valence-electron chi connectivity index (χ0n) is 11.6. The normalized spacial score (nSPS) is 10.4. The van der Waals surface area contributed by atoms with Crippen molar-refractivity contribution in [3.8, 4) is 0 Å². The number of nitrogens with one attached hydrogen (secondary N) is 2. The second kappa shape index (κ2) is 8.69. The summed E-state index contributed by atoms with van der Waals surface area (Å²) in [6.45, 7) is 9.57. The molecule has 0 aliphatic carbocycles. The average molecular weight is 252 g/mol. The molecule has 0 fully saturated rings. The minimum absolute atomic E-state index is 0.797. The van der Waals surface area contributed by atoms with Crippen LogP contribution in [0.3, 0.4) is 0 Å². The number of rotatable bonds is 9. The summed E-state index contributed by atoms with van der Waals surface area (Å²) in [4.78, 5) is 8.46. The van der Waals surface area contributed by atoms with Gasteiger partial charge in [0.15, 0.2) is 0 Å². The summed E-state index contributed by atoms with van der Waals surface area (Å²) in [6.07, 6.45) is 3.64. The maximum Gasteiger partial charge on any atom is 0.134 e. The molecule has 0 radical (unpaired) electrons. The van der Waals surface area contributed by atoms with Crippen molar-refractivity contribution in [3.63, 3.8) is 0 Å². The first kappa shape index (κ1) is 14.7. The molecule has 0 amide bonds. The molecule has 0 aliphatic rings. The molecule has 102 valence electrons. The smallest absolute Gasteiger partial charge is 0.134 e. The minimum atomic E-state index is 0.797. The van der Waals surface area contributed by atoms with Crippen LogP contribution in [0.4, 0.5) is 11.6 Å². The maximum atomic E-state index is 5.43. The lowest BCUT2D eigenvalue weighted by atomic mass is 10.3. The van der Waals surface area contributed by atoms with Crippen molar-refractivity contribution in [1.82, 2.24) is 9.97 Å². The van der Waals surface area contributed by atoms with Gasteiger partial charge in [0.1, 0.15) is 18.0 Å². The summed E-state index contributed by atoms with van der Waals surface area (Å²) in [7, 11) is 0. The van der Waals surface area contributed by atoms with Gasteiger partial charge in [0.05, 0.1) is 0 Å². The highest BCUT2D eigenvalue weighted by Gasteiger charge is 2.04. The predicted octanol–water partition coefficient (Wildman–Crippen LogP) is 2.45. The monoisotopic (exact) mass is 252 g/mol. The first-order chi connectivity index (χ1) is 8.79. The Kier molecular flexibility index (Phi) is 7.10. The number of anilines is 2. The number of hydrogen-bond donors (Lipinski definition) is 2. The fourth-order valence-corrected chi connectivity index (χ4v) is 1.60. The van der Waals surface area contributed by atoms with Gasteiger partial charge in [-0.05, 0) is 26.7 Å². The van der Waals surface area contributed by atoms with E-state index in [9.17, 15) is 0 Å². The Hall–Kier alpha value is -1.36. The van der Waals surface area contributed by atoms with Gasteiger partial charge in [-0.2, -0.15) is 0 Å². The van der Waals surface area contributed by atoms with E-state index in [-0.39, 0.29) is 0 Å². The molecule has 0 atom stereocenters. The SMILES string of the molecule is CCCOCCCNc1ncnc(NCC)c1C. The van der Waals surface area contributed by atoms with Crippen LogP contribution in [-0.2, 0) is 4.74 Å². The molecular weight excluding hydrogens is 228 g/mol. The van der Waals surface area contributed by atoms with Gasteiger partial charge in [-0.15, -0.1) is 0 Å². The summed E-state index contributed by atoms with van der Waals surface area (Å²) >= 11 is 0. The summed E-state index contributed by atoms with van der Waals surface area (Å²) in [5, 5.41) is 6.54. The molecule has 1 rings (SSSR count). The number of ether oxygens (including phenoxy) is 1. The van der Waals surface area contributed by atoms with Crippen LogP contribution in [0.5, 0.6) is 0 Å². The zero-order valence-corrected chi connectivity index (χ0v) is 11.6. The molecule has 1 aromatic rings. The largest absolute Gasteiger partial charge is 0.381 e. The lowest BCUT2D eigenvalue weighted by molar-refractivity contribution is 0.134. The molecule has 0 aromatic carbocycles. The Labute approximate surface area is 109 Å². The molecule has 0 saturated carbocycles. The van der Waals surface area contributed by atoms with Crippen LogP contribution in [0.1, 0.15) is 32.3 Å². The van der Waals surface area contributed by atoms with E-state index in [0.717, 1.165) is 56.3 Å². The molecule has 2 N–H and O–H groups in total. The Morgan fingerprint density at radius 2 is 1.83 bits per heavy atom. The Morgan fingerprint density at radius 1 is 1.11 bits per heavy atom. The number of nitrogens with zero attached hydrogens (tertiary/aromatic N) is 2. The van der Waals surface area contributed by atoms with Crippen LogP contribution < -0.4 is 10.6 Å². The van der Waals surface area contributed by atoms with Crippen LogP contribution >= 0.6 is 0 Å². The van der Waals surface area contributed by atoms with E-state index in [1.165, 1.54) is 0 Å². The number of aromatic nitrogens is 2. The van der Waals surface area contributed by atoms with Crippen LogP contribution in [0, 0.1) is 6.92 Å². The summed E-state index contributed by atoms with van der Waals surface area (Å²) < 4.78 is 5.43. The topological polar surface area (TPSA) is 59.1 Å². The summed E-state index contributed by atoms with van der Waals surface area (Å²) in [5.74, 6) is 1.80. The lowest BCUT2D eigenvalue weighted by Gasteiger charge is -2.11. The third-order valence-corrected chi connectivity index (χ3v) is 2.53. The fourth-order valence-electron chi connectivity index (χ4n) is 1.60. The molecule has 0 spiro atoms. The second-order valence-corrected chi connectivity index (χ2v) is 4.12. The van der Waals surface area contributed by atoms with Crippen molar-refractivity contribution in [2.24, 2.45) is 0 Å². The van der Waals surface area contributed by atoms with Crippen molar-refractivity contribution in [2.75, 3.05) is 36.9 Å². The van der Waals surface area contributed by atoms with Crippen molar-refractivity contribution in [1.29, 1.82) is 0 Å². The predicted molar refractivity (Wildman–Crippen MR) is 75.1 cm³/mol. The van der Waals surface area contributed by atoms with E-state index in [1.807, 2.05) is 6.92 Å². The highest BCUT2D eigenvalue weighted by Crippen LogP contribution is 2.17. The molecule has 1 aromatic heterocycles. The van der Waals surface area contributed by atoms with Crippen LogP contribution in [0.15, 0.2) is 6.33 Å². The van der Waals surface area contributed by atoms with Gasteiger partial charge < -0.3 is 15.4 Å². The molecule has 5 heteroatoms. The van der Waals surface area contributed by atoms with Crippen molar-refractivity contribution < 1.29 is 4.74 Å². The summed E-state index contributed by atoms with van der Waals surface area (Å²) in [6, 6.07) is 0. The van der Waals surface area contributed by atoms with Crippen LogP contribution in [0.2, 0.25) is 0 Å². The Morgan fingerprint density at radius 3 is 2.50 bits per heavy atom. The van der Waals surface area contributed by atoms with Crippen LogP contribution in [-0.4, -0.2) is 36.3 Å². The van der Waals surface area contributed by atoms with E-state index in [4.69, 9.17) is 4.74 Å². The Bertz CT molecular complexity index is 344.